The van der Waals surface area contributed by atoms with Crippen LogP contribution >= 0.6 is 23.1 Å². The second kappa shape index (κ2) is 9.73. The van der Waals surface area contributed by atoms with E-state index in [1.54, 1.807) is 13.0 Å². The van der Waals surface area contributed by atoms with Gasteiger partial charge in [-0.2, -0.15) is 0 Å². The summed E-state index contributed by atoms with van der Waals surface area (Å²) in [5.74, 6) is -0.438. The molecule has 0 aliphatic rings. The quantitative estimate of drug-likeness (QED) is 0.270. The van der Waals surface area contributed by atoms with E-state index in [2.05, 4.69) is 25.0 Å². The number of carbonyl (C=O) groups excluding carboxylic acids is 1. The summed E-state index contributed by atoms with van der Waals surface area (Å²) in [5, 5.41) is 15.5. The van der Waals surface area contributed by atoms with E-state index in [1.807, 2.05) is 25.1 Å². The van der Waals surface area contributed by atoms with Crippen molar-refractivity contribution in [2.75, 3.05) is 17.2 Å². The van der Waals surface area contributed by atoms with Crippen molar-refractivity contribution in [1.29, 1.82) is 0 Å². The lowest BCUT2D eigenvalue weighted by molar-refractivity contribution is 0.102. The number of H-pyrrole nitrogens is 1. The topological polar surface area (TPSA) is 145 Å². The van der Waals surface area contributed by atoms with Crippen LogP contribution in [0.1, 0.15) is 28.5 Å². The first-order chi connectivity index (χ1) is 14.8. The third-order valence-electron chi connectivity index (χ3n) is 4.29. The van der Waals surface area contributed by atoms with Crippen LogP contribution in [0.15, 0.2) is 46.3 Å². The van der Waals surface area contributed by atoms with Gasteiger partial charge >= 0.3 is 0 Å². The maximum atomic E-state index is 12.6. The Morgan fingerprint density at radius 3 is 2.84 bits per heavy atom. The Morgan fingerprint density at radius 2 is 2.16 bits per heavy atom. The standard InChI is InChI=1S/C20H21ClN6O3S/c1-10-5-3-4-6-14(10)26-19(30)16-13(21)7-12(8-23-16)25-20-15(18(29)27-31-20)17(22)24-11(2)9-28/h3-8,11,25,28H,9H2,1-2H3,(H2,22,24)(H,26,30)(H,27,29). The van der Waals surface area contributed by atoms with Crippen LogP contribution in [0.25, 0.3) is 0 Å². The average molecular weight is 461 g/mol. The molecule has 3 aromatic rings. The number of amides is 1. The monoisotopic (exact) mass is 460 g/mol. The highest BCUT2D eigenvalue weighted by atomic mass is 35.5. The highest BCUT2D eigenvalue weighted by molar-refractivity contribution is 7.10. The Labute approximate surface area is 187 Å². The van der Waals surface area contributed by atoms with Crippen LogP contribution in [0.2, 0.25) is 5.02 Å². The number of aliphatic hydroxyl groups excluding tert-OH is 1. The van der Waals surface area contributed by atoms with Gasteiger partial charge in [-0.15, -0.1) is 0 Å². The summed E-state index contributed by atoms with van der Waals surface area (Å²) in [6.07, 6.45) is 1.43. The first kappa shape index (κ1) is 22.5. The van der Waals surface area contributed by atoms with Gasteiger partial charge in [-0.3, -0.25) is 19.0 Å². The number of amidine groups is 1. The third-order valence-corrected chi connectivity index (χ3v) is 5.37. The maximum absolute atomic E-state index is 12.6. The number of anilines is 3. The zero-order valence-corrected chi connectivity index (χ0v) is 18.3. The maximum Gasteiger partial charge on any atom is 0.275 e. The van der Waals surface area contributed by atoms with Gasteiger partial charge in [0.2, 0.25) is 0 Å². The Kier molecular flexibility index (Phi) is 7.06. The lowest BCUT2D eigenvalue weighted by Gasteiger charge is -2.11. The van der Waals surface area contributed by atoms with Crippen molar-refractivity contribution in [3.8, 4) is 0 Å². The molecule has 1 atom stereocenters. The third kappa shape index (κ3) is 5.29. The number of nitrogens with one attached hydrogen (secondary N) is 3. The summed E-state index contributed by atoms with van der Waals surface area (Å²) in [4.78, 5) is 33.0. The number of para-hydroxylation sites is 1. The molecule has 2 heterocycles. The number of benzene rings is 1. The summed E-state index contributed by atoms with van der Waals surface area (Å²) in [6.45, 7) is 3.36. The molecule has 31 heavy (non-hydrogen) atoms. The molecule has 1 aromatic carbocycles. The molecule has 11 heteroatoms. The van der Waals surface area contributed by atoms with Gasteiger partial charge in [0.15, 0.2) is 0 Å². The molecule has 1 unspecified atom stereocenters. The lowest BCUT2D eigenvalue weighted by Crippen LogP contribution is -2.24. The molecular formula is C20H21ClN6O3S. The molecule has 0 saturated heterocycles. The summed E-state index contributed by atoms with van der Waals surface area (Å²) < 4.78 is 2.59. The minimum Gasteiger partial charge on any atom is -0.394 e. The van der Waals surface area contributed by atoms with E-state index >= 15 is 0 Å². The number of carbonyl (C=O) groups is 1. The second-order valence-electron chi connectivity index (χ2n) is 6.73. The van der Waals surface area contributed by atoms with Crippen LogP contribution in [-0.4, -0.2) is 38.9 Å². The zero-order valence-electron chi connectivity index (χ0n) is 16.8. The predicted octanol–water partition coefficient (Wildman–Crippen LogP) is 2.88. The van der Waals surface area contributed by atoms with Crippen LogP contribution in [0, 0.1) is 6.92 Å². The summed E-state index contributed by atoms with van der Waals surface area (Å²) in [6, 6.07) is 8.45. The molecule has 0 spiro atoms. The Morgan fingerprint density at radius 1 is 1.42 bits per heavy atom. The van der Waals surface area contributed by atoms with Gasteiger partial charge in [-0.05, 0) is 43.1 Å². The van der Waals surface area contributed by atoms with Gasteiger partial charge in [0.25, 0.3) is 11.5 Å². The number of aliphatic hydroxyl groups is 1. The predicted molar refractivity (Wildman–Crippen MR) is 124 cm³/mol. The lowest BCUT2D eigenvalue weighted by atomic mass is 10.2. The number of aromatic nitrogens is 2. The molecule has 0 radical (unpaired) electrons. The van der Waals surface area contributed by atoms with Crippen molar-refractivity contribution in [3.05, 3.63) is 68.7 Å². The number of pyridine rings is 1. The number of rotatable bonds is 7. The van der Waals surface area contributed by atoms with Crippen LogP contribution in [0.3, 0.4) is 0 Å². The van der Waals surface area contributed by atoms with Crippen molar-refractivity contribution in [3.63, 3.8) is 0 Å². The minimum atomic E-state index is -0.450. The number of halogens is 1. The van der Waals surface area contributed by atoms with Crippen LogP contribution in [-0.2, 0) is 0 Å². The van der Waals surface area contributed by atoms with Gasteiger partial charge in [0.05, 0.1) is 29.6 Å². The van der Waals surface area contributed by atoms with Crippen molar-refractivity contribution < 1.29 is 9.90 Å². The van der Waals surface area contributed by atoms with Gasteiger partial charge in [0.1, 0.15) is 22.1 Å². The number of nitrogens with zero attached hydrogens (tertiary/aromatic N) is 2. The van der Waals surface area contributed by atoms with Crippen molar-refractivity contribution in [1.82, 2.24) is 9.36 Å². The van der Waals surface area contributed by atoms with Gasteiger partial charge in [-0.25, -0.2) is 4.98 Å². The highest BCUT2D eigenvalue weighted by Gasteiger charge is 2.18. The second-order valence-corrected chi connectivity index (χ2v) is 7.96. The number of hydrogen-bond donors (Lipinski definition) is 5. The molecular weight excluding hydrogens is 440 g/mol. The van der Waals surface area contributed by atoms with Crippen molar-refractivity contribution >= 4 is 51.3 Å². The summed E-state index contributed by atoms with van der Waals surface area (Å²) in [5.41, 5.74) is 7.79. The molecule has 3 rings (SSSR count). The molecule has 1 amide bonds. The highest BCUT2D eigenvalue weighted by Crippen LogP contribution is 2.26. The van der Waals surface area contributed by atoms with Crippen LogP contribution in [0.4, 0.5) is 16.4 Å². The minimum absolute atomic E-state index is 0.000153. The van der Waals surface area contributed by atoms with Gasteiger partial charge < -0.3 is 21.5 Å². The number of nitrogens with two attached hydrogens (primary N) is 1. The Bertz CT molecular complexity index is 1190. The first-order valence-corrected chi connectivity index (χ1v) is 10.4. The molecule has 0 aliphatic carbocycles. The first-order valence-electron chi connectivity index (χ1n) is 9.25. The molecule has 0 saturated carbocycles. The van der Waals surface area contributed by atoms with E-state index in [0.717, 1.165) is 17.1 Å². The fourth-order valence-electron chi connectivity index (χ4n) is 2.67. The van der Waals surface area contributed by atoms with Crippen LogP contribution in [0.5, 0.6) is 0 Å². The molecule has 0 bridgehead atoms. The van der Waals surface area contributed by atoms with E-state index < -0.39 is 17.5 Å². The SMILES string of the molecule is Cc1ccccc1NC(=O)c1ncc(Nc2s[nH]c(=O)c2C(N)=NC(C)CO)cc1Cl. The number of aliphatic imine (C=N–C) groups is 1. The zero-order chi connectivity index (χ0) is 22.5. The Hall–Kier alpha value is -3.21. The fourth-order valence-corrected chi connectivity index (χ4v) is 3.68. The molecule has 6 N–H and O–H groups in total. The summed E-state index contributed by atoms with van der Waals surface area (Å²) in [7, 11) is 0. The molecule has 0 fully saturated rings. The molecule has 9 nitrogen and oxygen atoms in total. The summed E-state index contributed by atoms with van der Waals surface area (Å²) >= 11 is 7.32. The smallest absolute Gasteiger partial charge is 0.275 e. The Balaban J connectivity index is 1.82. The normalized spacial score (nSPS) is 12.5. The molecule has 2 aromatic heterocycles. The van der Waals surface area contributed by atoms with Crippen molar-refractivity contribution in [2.45, 2.75) is 19.9 Å². The average Bonchev–Trinajstić information content (AvgIpc) is 3.09. The van der Waals surface area contributed by atoms with Gasteiger partial charge in [0, 0.05) is 5.69 Å². The van der Waals surface area contributed by atoms with E-state index in [1.165, 1.54) is 12.3 Å². The number of hydrogen-bond acceptors (Lipinski definition) is 7. The van der Waals surface area contributed by atoms with E-state index in [-0.39, 0.29) is 28.7 Å². The number of aryl methyl sites for hydroxylation is 1. The molecule has 0 aliphatic heterocycles. The van der Waals surface area contributed by atoms with E-state index in [4.69, 9.17) is 22.4 Å². The largest absolute Gasteiger partial charge is 0.394 e. The number of aromatic amines is 1. The van der Waals surface area contributed by atoms with Gasteiger partial charge in [-0.1, -0.05) is 29.8 Å². The van der Waals surface area contributed by atoms with E-state index in [9.17, 15) is 9.59 Å². The van der Waals surface area contributed by atoms with E-state index in [0.29, 0.717) is 16.4 Å². The van der Waals surface area contributed by atoms with Crippen molar-refractivity contribution in [2.24, 2.45) is 10.7 Å². The fraction of sp³-hybridized carbons (Fsp3) is 0.200. The molecule has 162 valence electrons. The van der Waals surface area contributed by atoms with Crippen LogP contribution < -0.4 is 21.9 Å².